The number of nitrogens with zero attached hydrogens (tertiary/aromatic N) is 3. The molecule has 142 valence electrons. The quantitative estimate of drug-likeness (QED) is 0.253. The molecule has 1 heterocycles. The number of carbonyl (C=O) groups is 2. The summed E-state index contributed by atoms with van der Waals surface area (Å²) in [5, 5.41) is 20.4. The highest BCUT2D eigenvalue weighted by Crippen LogP contribution is 2.25. The molecule has 1 amide bonds. The van der Waals surface area contributed by atoms with E-state index in [2.05, 4.69) is 25.0 Å². The van der Waals surface area contributed by atoms with E-state index in [1.807, 2.05) is 0 Å². The van der Waals surface area contributed by atoms with Crippen molar-refractivity contribution in [3.8, 4) is 5.75 Å². The highest BCUT2D eigenvalue weighted by molar-refractivity contribution is 8.18. The van der Waals surface area contributed by atoms with Crippen LogP contribution in [-0.2, 0) is 14.3 Å². The molecule has 1 aromatic carbocycles. The van der Waals surface area contributed by atoms with Crippen LogP contribution in [0.25, 0.3) is 0 Å². The van der Waals surface area contributed by atoms with Gasteiger partial charge in [-0.25, -0.2) is 4.79 Å². The van der Waals surface area contributed by atoms with E-state index in [4.69, 9.17) is 0 Å². The molecule has 2 rings (SSSR count). The van der Waals surface area contributed by atoms with Crippen LogP contribution in [0.15, 0.2) is 39.4 Å². The fraction of sp³-hybridized carbons (Fsp3) is 0.143. The Morgan fingerprint density at radius 3 is 2.81 bits per heavy atom. The van der Waals surface area contributed by atoms with Crippen molar-refractivity contribution in [2.75, 3.05) is 7.11 Å². The average Bonchev–Trinajstić information content (AvgIpc) is 2.95. The summed E-state index contributed by atoms with van der Waals surface area (Å²) < 4.78 is 33.5. The second kappa shape index (κ2) is 8.84. The molecule has 27 heavy (non-hydrogen) atoms. The summed E-state index contributed by atoms with van der Waals surface area (Å²) in [6, 6.07) is 2.98. The Labute approximate surface area is 154 Å². The number of hydrogen-bond acceptors (Lipinski definition) is 9. The van der Waals surface area contributed by atoms with Crippen molar-refractivity contribution in [2.24, 2.45) is 10.2 Å². The van der Waals surface area contributed by atoms with E-state index in [1.54, 1.807) is 0 Å². The molecule has 13 heteroatoms. The smallest absolute Gasteiger partial charge is 0.387 e. The third-order valence-corrected chi connectivity index (χ3v) is 3.77. The van der Waals surface area contributed by atoms with E-state index in [0.29, 0.717) is 0 Å². The Kier molecular flexibility index (Phi) is 6.54. The zero-order valence-corrected chi connectivity index (χ0v) is 14.2. The highest BCUT2D eigenvalue weighted by atomic mass is 32.2. The molecule has 0 bridgehead atoms. The van der Waals surface area contributed by atoms with E-state index in [1.165, 1.54) is 0 Å². The number of hydrogen-bond donors (Lipinski definition) is 1. The fourth-order valence-corrected chi connectivity index (χ4v) is 2.48. The number of thioether (sulfide) groups is 1. The normalized spacial score (nSPS) is 17.0. The van der Waals surface area contributed by atoms with Gasteiger partial charge in [-0.3, -0.25) is 20.2 Å². The molecule has 0 unspecified atom stereocenters. The number of methoxy groups -OCH3 is 1. The number of nitro groups is 1. The molecule has 1 N–H and O–H groups in total. The van der Waals surface area contributed by atoms with Gasteiger partial charge in [-0.05, 0) is 17.8 Å². The largest absolute Gasteiger partial charge is 0.466 e. The minimum absolute atomic E-state index is 0.00756. The summed E-state index contributed by atoms with van der Waals surface area (Å²) >= 11 is 0.797. The van der Waals surface area contributed by atoms with Gasteiger partial charge in [0.25, 0.3) is 11.6 Å². The number of carbonyl (C=O) groups excluding carboxylic acids is 2. The molecule has 0 saturated carbocycles. The number of rotatable bonds is 6. The van der Waals surface area contributed by atoms with Crippen LogP contribution in [0.2, 0.25) is 0 Å². The second-order valence-corrected chi connectivity index (χ2v) is 5.63. The molecule has 0 spiro atoms. The summed E-state index contributed by atoms with van der Waals surface area (Å²) in [6.45, 7) is -3.14. The van der Waals surface area contributed by atoms with E-state index in [9.17, 15) is 28.5 Å². The van der Waals surface area contributed by atoms with Gasteiger partial charge in [0.15, 0.2) is 5.17 Å². The number of benzene rings is 1. The number of non-ortho nitro benzene ring substituents is 1. The monoisotopic (exact) mass is 400 g/mol. The van der Waals surface area contributed by atoms with E-state index < -0.39 is 23.4 Å². The number of amidine groups is 1. The van der Waals surface area contributed by atoms with Gasteiger partial charge in [0, 0.05) is 23.8 Å². The van der Waals surface area contributed by atoms with Crippen LogP contribution in [-0.4, -0.2) is 41.9 Å². The lowest BCUT2D eigenvalue weighted by atomic mass is 10.2. The fourth-order valence-electron chi connectivity index (χ4n) is 1.74. The maximum Gasteiger partial charge on any atom is 0.387 e. The Hall–Kier alpha value is -3.35. The number of alkyl halides is 2. The van der Waals surface area contributed by atoms with Crippen molar-refractivity contribution < 1.29 is 32.8 Å². The first-order chi connectivity index (χ1) is 12.8. The van der Waals surface area contributed by atoms with Crippen LogP contribution in [0, 0.1) is 10.1 Å². The lowest BCUT2D eigenvalue weighted by molar-refractivity contribution is -0.384. The summed E-state index contributed by atoms with van der Waals surface area (Å²) in [6.07, 6.45) is 1.91. The molecule has 1 aliphatic heterocycles. The van der Waals surface area contributed by atoms with Crippen LogP contribution >= 0.6 is 11.8 Å². The molecule has 1 aromatic rings. The standard InChI is InChI=1S/C14H10F2N4O6S/c1-25-11(21)5-10-12(22)18-14(27-10)19-17-6-7-4-8(20(23)24)2-3-9(7)26-13(15)16/h2-6,13H,1H3,(H,18,19,22)/b10-5+,17-6?. The molecule has 0 atom stereocenters. The molecule has 1 fully saturated rings. The Morgan fingerprint density at radius 1 is 1.44 bits per heavy atom. The van der Waals surface area contributed by atoms with Crippen molar-refractivity contribution in [3.63, 3.8) is 0 Å². The predicted octanol–water partition coefficient (Wildman–Crippen LogP) is 1.81. The maximum atomic E-state index is 12.4. The van der Waals surface area contributed by atoms with Crippen molar-refractivity contribution in [1.29, 1.82) is 0 Å². The van der Waals surface area contributed by atoms with E-state index >= 15 is 0 Å². The molecule has 0 aromatic heterocycles. The lowest BCUT2D eigenvalue weighted by Crippen LogP contribution is -2.19. The Bertz CT molecular complexity index is 871. The van der Waals surface area contributed by atoms with Crippen molar-refractivity contribution in [2.45, 2.75) is 6.61 Å². The summed E-state index contributed by atoms with van der Waals surface area (Å²) in [5.41, 5.74) is -0.480. The highest BCUT2D eigenvalue weighted by Gasteiger charge is 2.25. The maximum absolute atomic E-state index is 12.4. The first-order valence-corrected chi connectivity index (χ1v) is 7.75. The van der Waals surface area contributed by atoms with Gasteiger partial charge in [-0.15, -0.1) is 5.10 Å². The molecular formula is C14H10F2N4O6S. The predicted molar refractivity (Wildman–Crippen MR) is 90.6 cm³/mol. The lowest BCUT2D eigenvalue weighted by Gasteiger charge is -2.06. The van der Waals surface area contributed by atoms with Gasteiger partial charge in [0.2, 0.25) is 0 Å². The minimum atomic E-state index is -3.14. The van der Waals surface area contributed by atoms with Crippen LogP contribution in [0.5, 0.6) is 5.75 Å². The zero-order valence-electron chi connectivity index (χ0n) is 13.4. The topological polar surface area (TPSA) is 132 Å². The van der Waals surface area contributed by atoms with Crippen LogP contribution < -0.4 is 10.1 Å². The van der Waals surface area contributed by atoms with Gasteiger partial charge >= 0.3 is 12.6 Å². The SMILES string of the molecule is COC(=O)/C=C1/S/C(=N\N=Cc2cc([N+](=O)[O-])ccc2OC(F)F)NC1=O. The average molecular weight is 400 g/mol. The molecule has 1 aliphatic rings. The summed E-state index contributed by atoms with van der Waals surface area (Å²) in [5.74, 6) is -1.67. The van der Waals surface area contributed by atoms with Gasteiger partial charge in [0.1, 0.15) is 5.75 Å². The van der Waals surface area contributed by atoms with Crippen molar-refractivity contribution in [1.82, 2.24) is 5.32 Å². The van der Waals surface area contributed by atoms with Gasteiger partial charge in [-0.1, -0.05) is 0 Å². The van der Waals surface area contributed by atoms with Crippen LogP contribution in [0.1, 0.15) is 5.56 Å². The molecule has 0 aliphatic carbocycles. The van der Waals surface area contributed by atoms with E-state index in [0.717, 1.165) is 49.4 Å². The van der Waals surface area contributed by atoms with Crippen molar-refractivity contribution in [3.05, 3.63) is 44.9 Å². The van der Waals surface area contributed by atoms with Crippen LogP contribution in [0.3, 0.4) is 0 Å². The van der Waals surface area contributed by atoms with Gasteiger partial charge in [-0.2, -0.15) is 13.9 Å². The first-order valence-electron chi connectivity index (χ1n) is 6.93. The Morgan fingerprint density at radius 2 is 2.19 bits per heavy atom. The molecule has 0 radical (unpaired) electrons. The molecule has 10 nitrogen and oxygen atoms in total. The molecule has 1 saturated heterocycles. The third-order valence-electron chi connectivity index (χ3n) is 2.87. The Balaban J connectivity index is 2.22. The van der Waals surface area contributed by atoms with Gasteiger partial charge in [0.05, 0.1) is 23.2 Å². The minimum Gasteiger partial charge on any atom is -0.466 e. The molecular weight excluding hydrogens is 390 g/mol. The number of nitro benzene ring substituents is 1. The summed E-state index contributed by atoms with van der Waals surface area (Å²) in [4.78, 5) is 32.9. The van der Waals surface area contributed by atoms with E-state index in [-0.39, 0.29) is 27.1 Å². The summed E-state index contributed by atoms with van der Waals surface area (Å²) in [7, 11) is 1.15. The number of halogens is 2. The number of amides is 1. The third kappa shape index (κ3) is 5.57. The van der Waals surface area contributed by atoms with Crippen LogP contribution in [0.4, 0.5) is 14.5 Å². The van der Waals surface area contributed by atoms with Crippen molar-refractivity contribution >= 4 is 40.7 Å². The van der Waals surface area contributed by atoms with Gasteiger partial charge < -0.3 is 9.47 Å². The zero-order chi connectivity index (χ0) is 20.0. The second-order valence-electron chi connectivity index (χ2n) is 4.60. The first kappa shape index (κ1) is 20.0. The number of nitrogens with one attached hydrogen (secondary N) is 1. The number of ether oxygens (including phenoxy) is 2. The number of esters is 1.